The van der Waals surface area contributed by atoms with Gasteiger partial charge in [-0.15, -0.1) is 0 Å². The van der Waals surface area contributed by atoms with Gasteiger partial charge in [-0.25, -0.2) is 10.5 Å². The summed E-state index contributed by atoms with van der Waals surface area (Å²) in [5.41, 5.74) is 7.45. The third-order valence-electron chi connectivity index (χ3n) is 1.02. The molecule has 1 atom stereocenters. The largest absolute Gasteiger partial charge is 0.385 e. The Morgan fingerprint density at radius 2 is 2.42 bits per heavy atom. The van der Waals surface area contributed by atoms with E-state index in [9.17, 15) is 0 Å². The second kappa shape index (κ2) is 6.99. The van der Waals surface area contributed by atoms with E-state index in [1.807, 2.05) is 0 Å². The summed E-state index contributed by atoms with van der Waals surface area (Å²) in [6.07, 6.45) is -0.730. The van der Waals surface area contributed by atoms with E-state index in [2.05, 4.69) is 20.0 Å². The maximum Gasteiger partial charge on any atom is 0.152 e. The predicted octanol–water partition coefficient (Wildman–Crippen LogP) is -1.19. The van der Waals surface area contributed by atoms with Crippen LogP contribution in [0.25, 0.3) is 0 Å². The van der Waals surface area contributed by atoms with Crippen LogP contribution in [0.2, 0.25) is 0 Å². The van der Waals surface area contributed by atoms with Gasteiger partial charge in [0.05, 0.1) is 0 Å². The number of ether oxygens (including phenoxy) is 1. The molecule has 0 aliphatic heterocycles. The van der Waals surface area contributed by atoms with Gasteiger partial charge in [0.2, 0.25) is 0 Å². The van der Waals surface area contributed by atoms with Gasteiger partial charge in [0.15, 0.2) is 5.84 Å². The number of aliphatic hydroxyl groups excluding tert-OH is 1. The van der Waals surface area contributed by atoms with Crippen LogP contribution in [-0.2, 0) is 9.57 Å². The summed E-state index contributed by atoms with van der Waals surface area (Å²) in [5.74, 6) is 0.294. The average Bonchev–Trinajstić information content (AvgIpc) is 2.04. The van der Waals surface area contributed by atoms with Crippen molar-refractivity contribution in [1.29, 1.82) is 0 Å². The van der Waals surface area contributed by atoms with Gasteiger partial charge in [0.25, 0.3) is 0 Å². The van der Waals surface area contributed by atoms with E-state index < -0.39 is 6.10 Å². The molecule has 0 saturated carbocycles. The zero-order valence-electron chi connectivity index (χ0n) is 7.28. The van der Waals surface area contributed by atoms with Crippen molar-refractivity contribution in [2.75, 3.05) is 20.6 Å². The van der Waals surface area contributed by atoms with Crippen molar-refractivity contribution in [3.8, 4) is 0 Å². The first-order chi connectivity index (χ1) is 5.72. The van der Waals surface area contributed by atoms with Gasteiger partial charge in [-0.3, -0.25) is 4.84 Å². The molecule has 12 heavy (non-hydrogen) atoms. The van der Waals surface area contributed by atoms with Crippen LogP contribution in [0, 0.1) is 0 Å². The van der Waals surface area contributed by atoms with Gasteiger partial charge in [0.1, 0.15) is 19.6 Å². The zero-order valence-corrected chi connectivity index (χ0v) is 7.28. The van der Waals surface area contributed by atoms with E-state index in [1.165, 1.54) is 7.11 Å². The molecule has 0 amide bonds. The number of amidine groups is 1. The number of nitrogens with two attached hydrogens (primary N) is 1. The topological polar surface area (TPSA) is 89.1 Å². The van der Waals surface area contributed by atoms with E-state index in [1.54, 1.807) is 6.92 Å². The summed E-state index contributed by atoms with van der Waals surface area (Å²) >= 11 is 0. The maximum absolute atomic E-state index is 9.10. The summed E-state index contributed by atoms with van der Waals surface area (Å²) in [7, 11) is 1.51. The van der Waals surface area contributed by atoms with Crippen molar-refractivity contribution >= 4 is 5.84 Å². The van der Waals surface area contributed by atoms with Gasteiger partial charge in [0, 0.05) is 7.11 Å². The number of rotatable bonds is 5. The molecule has 0 heterocycles. The number of nitrogens with one attached hydrogen (secondary N) is 1. The van der Waals surface area contributed by atoms with Crippen LogP contribution in [-0.4, -0.2) is 37.6 Å². The van der Waals surface area contributed by atoms with Crippen molar-refractivity contribution in [2.45, 2.75) is 13.0 Å². The average molecular weight is 177 g/mol. The molecule has 0 fully saturated rings. The summed E-state index contributed by atoms with van der Waals surface area (Å²) in [6, 6.07) is 0. The maximum atomic E-state index is 9.10. The summed E-state index contributed by atoms with van der Waals surface area (Å²) in [5, 5.41) is 9.10. The van der Waals surface area contributed by atoms with Crippen LogP contribution >= 0.6 is 0 Å². The Bertz CT molecular complexity index is 138. The molecule has 0 spiro atoms. The monoisotopic (exact) mass is 177 g/mol. The van der Waals surface area contributed by atoms with E-state index in [4.69, 9.17) is 10.8 Å². The minimum atomic E-state index is -0.730. The molecule has 0 bridgehead atoms. The Hall–Kier alpha value is -0.690. The number of aliphatic hydroxyl groups is 1. The van der Waals surface area contributed by atoms with Crippen molar-refractivity contribution in [3.63, 3.8) is 0 Å². The number of hydrogen-bond donors (Lipinski definition) is 3. The Morgan fingerprint density at radius 1 is 1.75 bits per heavy atom. The highest BCUT2D eigenvalue weighted by atomic mass is 16.7. The van der Waals surface area contributed by atoms with E-state index in [-0.39, 0.29) is 13.5 Å². The van der Waals surface area contributed by atoms with Gasteiger partial charge in [-0.05, 0) is 6.92 Å². The highest BCUT2D eigenvalue weighted by molar-refractivity contribution is 5.84. The molecule has 6 nitrogen and oxygen atoms in total. The van der Waals surface area contributed by atoms with Gasteiger partial charge < -0.3 is 15.6 Å². The highest BCUT2D eigenvalue weighted by Crippen LogP contribution is 1.85. The molecule has 72 valence electrons. The van der Waals surface area contributed by atoms with Crippen molar-refractivity contribution in [3.05, 3.63) is 0 Å². The molecular weight excluding hydrogens is 162 g/mol. The molecule has 0 radical (unpaired) electrons. The fourth-order valence-electron chi connectivity index (χ4n) is 0.499. The molecule has 1 unspecified atom stereocenters. The van der Waals surface area contributed by atoms with Gasteiger partial charge >= 0.3 is 0 Å². The third-order valence-corrected chi connectivity index (χ3v) is 1.02. The first-order valence-electron chi connectivity index (χ1n) is 3.51. The fraction of sp³-hybridized carbons (Fsp3) is 0.833. The highest BCUT2D eigenvalue weighted by Gasteiger charge is 2.04. The normalized spacial score (nSPS) is 14.5. The Labute approximate surface area is 71.3 Å². The molecule has 0 aliphatic rings. The lowest BCUT2D eigenvalue weighted by molar-refractivity contribution is 0.0801. The number of aliphatic imine (C=N–C) groups is 1. The lowest BCUT2D eigenvalue weighted by atomic mass is 10.4. The minimum Gasteiger partial charge on any atom is -0.385 e. The summed E-state index contributed by atoms with van der Waals surface area (Å²) in [6.45, 7) is 1.74. The first-order valence-corrected chi connectivity index (χ1v) is 3.51. The smallest absolute Gasteiger partial charge is 0.152 e. The fourth-order valence-corrected chi connectivity index (χ4v) is 0.499. The van der Waals surface area contributed by atoms with E-state index in [0.717, 1.165) is 0 Å². The molecule has 4 N–H and O–H groups in total. The van der Waals surface area contributed by atoms with Crippen molar-refractivity contribution in [2.24, 2.45) is 10.7 Å². The molecule has 0 aromatic rings. The number of methoxy groups -OCH3 is 1. The van der Waals surface area contributed by atoms with E-state index in [0.29, 0.717) is 5.84 Å². The summed E-state index contributed by atoms with van der Waals surface area (Å²) < 4.78 is 4.68. The SMILES string of the molecule is COCN=C(NOCN)C(C)O. The van der Waals surface area contributed by atoms with E-state index >= 15 is 0 Å². The molecular formula is C6H15N3O3. The van der Waals surface area contributed by atoms with Crippen LogP contribution in [0.1, 0.15) is 6.92 Å². The Kier molecular flexibility index (Phi) is 6.58. The molecule has 0 aromatic heterocycles. The van der Waals surface area contributed by atoms with Crippen LogP contribution in [0.4, 0.5) is 0 Å². The second-order valence-electron chi connectivity index (χ2n) is 2.05. The summed E-state index contributed by atoms with van der Waals surface area (Å²) in [4.78, 5) is 8.47. The molecule has 0 rings (SSSR count). The molecule has 0 aromatic carbocycles. The molecule has 0 aliphatic carbocycles. The molecule has 0 saturated heterocycles. The lowest BCUT2D eigenvalue weighted by Crippen LogP contribution is -2.34. The van der Waals surface area contributed by atoms with Crippen molar-refractivity contribution < 1.29 is 14.7 Å². The third kappa shape index (κ3) is 5.03. The minimum absolute atomic E-state index is 0.0126. The Balaban J connectivity index is 3.85. The first kappa shape index (κ1) is 11.3. The lowest BCUT2D eigenvalue weighted by Gasteiger charge is -2.10. The van der Waals surface area contributed by atoms with Crippen LogP contribution in [0.5, 0.6) is 0 Å². The quantitative estimate of drug-likeness (QED) is 0.212. The number of hydroxylamine groups is 1. The van der Waals surface area contributed by atoms with Gasteiger partial charge in [-0.2, -0.15) is 0 Å². The van der Waals surface area contributed by atoms with Gasteiger partial charge in [-0.1, -0.05) is 0 Å². The molecule has 6 heteroatoms. The van der Waals surface area contributed by atoms with Crippen LogP contribution in [0.3, 0.4) is 0 Å². The zero-order chi connectivity index (χ0) is 9.40. The second-order valence-corrected chi connectivity index (χ2v) is 2.05. The van der Waals surface area contributed by atoms with Crippen LogP contribution in [0.15, 0.2) is 4.99 Å². The van der Waals surface area contributed by atoms with Crippen LogP contribution < -0.4 is 11.2 Å². The predicted molar refractivity (Wildman–Crippen MR) is 44.3 cm³/mol. The standard InChI is InChI=1S/C6H15N3O3/c1-5(10)6(8-4-11-2)9-12-3-7/h5,10H,3-4,7H2,1-2H3,(H,8,9). The Morgan fingerprint density at radius 3 is 2.83 bits per heavy atom. The number of hydrogen-bond acceptors (Lipinski definition) is 5. The van der Waals surface area contributed by atoms with Crippen molar-refractivity contribution in [1.82, 2.24) is 5.48 Å². The number of nitrogens with zero attached hydrogens (tertiary/aromatic N) is 1.